The average molecular weight is 438 g/mol. The molecule has 1 amide bonds. The molecule has 0 bridgehead atoms. The number of nitrogens with zero attached hydrogens (tertiary/aromatic N) is 1. The van der Waals surface area contributed by atoms with Gasteiger partial charge < -0.3 is 23.9 Å². The van der Waals surface area contributed by atoms with E-state index in [-0.39, 0.29) is 11.1 Å². The van der Waals surface area contributed by atoms with Crippen molar-refractivity contribution in [1.82, 2.24) is 4.90 Å². The highest BCUT2D eigenvalue weighted by atomic mass is 16.5. The summed E-state index contributed by atoms with van der Waals surface area (Å²) in [5.74, 6) is 0.264. The molecular formula is C24H26N2O6. The summed E-state index contributed by atoms with van der Waals surface area (Å²) in [5.41, 5.74) is 1.17. The van der Waals surface area contributed by atoms with Crippen molar-refractivity contribution >= 4 is 22.6 Å². The number of hydrogen-bond donors (Lipinski definition) is 1. The highest BCUT2D eigenvalue weighted by molar-refractivity contribution is 6.05. The fraction of sp³-hybridized carbons (Fsp3) is 0.333. The minimum atomic E-state index is -0.742. The Hall–Kier alpha value is -3.36. The van der Waals surface area contributed by atoms with E-state index in [4.69, 9.17) is 18.6 Å². The van der Waals surface area contributed by atoms with Gasteiger partial charge in [0.15, 0.2) is 11.3 Å². The van der Waals surface area contributed by atoms with Gasteiger partial charge in [0, 0.05) is 30.7 Å². The lowest BCUT2D eigenvalue weighted by Gasteiger charge is -2.26. The monoisotopic (exact) mass is 438 g/mol. The molecule has 0 spiro atoms. The van der Waals surface area contributed by atoms with Crippen LogP contribution in [0.2, 0.25) is 0 Å². The summed E-state index contributed by atoms with van der Waals surface area (Å²) in [6.45, 7) is 6.35. The summed E-state index contributed by atoms with van der Waals surface area (Å²) >= 11 is 0. The second-order valence-corrected chi connectivity index (χ2v) is 7.44. The SMILES string of the molecule is CCOc1c(OC)ccc2cc(C(=O)Nc3ccc(CN4CCOCC4)cc3)c(=O)oc12. The van der Waals surface area contributed by atoms with Crippen molar-refractivity contribution in [3.8, 4) is 11.5 Å². The zero-order valence-corrected chi connectivity index (χ0v) is 18.2. The van der Waals surface area contributed by atoms with E-state index in [1.54, 1.807) is 12.1 Å². The number of nitrogens with one attached hydrogen (secondary N) is 1. The molecule has 2 aromatic carbocycles. The smallest absolute Gasteiger partial charge is 0.349 e. The van der Waals surface area contributed by atoms with Gasteiger partial charge in [-0.1, -0.05) is 12.1 Å². The molecule has 1 N–H and O–H groups in total. The van der Waals surface area contributed by atoms with E-state index >= 15 is 0 Å². The van der Waals surface area contributed by atoms with E-state index in [9.17, 15) is 9.59 Å². The first-order valence-electron chi connectivity index (χ1n) is 10.6. The number of ether oxygens (including phenoxy) is 3. The van der Waals surface area contributed by atoms with Gasteiger partial charge in [-0.3, -0.25) is 9.69 Å². The van der Waals surface area contributed by atoms with Gasteiger partial charge in [0.05, 0.1) is 26.9 Å². The number of fused-ring (bicyclic) bond motifs is 1. The molecule has 8 heteroatoms. The predicted octanol–water partition coefficient (Wildman–Crippen LogP) is 3.28. The first-order valence-corrected chi connectivity index (χ1v) is 10.6. The number of anilines is 1. The molecule has 3 aromatic rings. The Balaban J connectivity index is 1.52. The summed E-state index contributed by atoms with van der Waals surface area (Å²) in [6.07, 6.45) is 0. The van der Waals surface area contributed by atoms with Gasteiger partial charge >= 0.3 is 5.63 Å². The predicted molar refractivity (Wildman–Crippen MR) is 121 cm³/mol. The van der Waals surface area contributed by atoms with Crippen molar-refractivity contribution < 1.29 is 23.4 Å². The summed E-state index contributed by atoms with van der Waals surface area (Å²) < 4.78 is 21.7. The fourth-order valence-corrected chi connectivity index (χ4v) is 3.65. The van der Waals surface area contributed by atoms with Crippen LogP contribution in [0.5, 0.6) is 11.5 Å². The Morgan fingerprint density at radius 2 is 1.88 bits per heavy atom. The van der Waals surface area contributed by atoms with Gasteiger partial charge in [0.1, 0.15) is 5.56 Å². The molecule has 0 radical (unpaired) electrons. The van der Waals surface area contributed by atoms with E-state index in [1.165, 1.54) is 13.2 Å². The maximum atomic E-state index is 12.8. The number of amides is 1. The van der Waals surface area contributed by atoms with Gasteiger partial charge in [-0.25, -0.2) is 4.79 Å². The Bertz CT molecular complexity index is 1150. The maximum absolute atomic E-state index is 12.8. The van der Waals surface area contributed by atoms with Gasteiger partial charge in [-0.2, -0.15) is 0 Å². The molecule has 4 rings (SSSR count). The molecule has 1 aliphatic heterocycles. The Morgan fingerprint density at radius 1 is 1.12 bits per heavy atom. The number of carbonyl (C=O) groups excluding carboxylic acids is 1. The zero-order valence-electron chi connectivity index (χ0n) is 18.2. The molecule has 1 aliphatic rings. The molecule has 1 aromatic heterocycles. The largest absolute Gasteiger partial charge is 0.493 e. The number of morpholine rings is 1. The molecule has 0 unspecified atom stereocenters. The highest BCUT2D eigenvalue weighted by Gasteiger charge is 2.19. The quantitative estimate of drug-likeness (QED) is 0.566. The third-order valence-electron chi connectivity index (χ3n) is 5.30. The molecule has 0 atom stereocenters. The molecular weight excluding hydrogens is 412 g/mol. The molecule has 2 heterocycles. The first kappa shape index (κ1) is 21.9. The van der Waals surface area contributed by atoms with Crippen LogP contribution in [0.4, 0.5) is 5.69 Å². The van der Waals surface area contributed by atoms with Crippen LogP contribution in [-0.4, -0.2) is 50.8 Å². The zero-order chi connectivity index (χ0) is 22.5. The average Bonchev–Trinajstić information content (AvgIpc) is 2.81. The maximum Gasteiger partial charge on any atom is 0.349 e. The molecule has 168 valence electrons. The van der Waals surface area contributed by atoms with Crippen LogP contribution in [0.15, 0.2) is 51.7 Å². The molecule has 0 saturated carbocycles. The highest BCUT2D eigenvalue weighted by Crippen LogP contribution is 2.35. The van der Waals surface area contributed by atoms with Crippen LogP contribution in [0.1, 0.15) is 22.8 Å². The molecule has 8 nitrogen and oxygen atoms in total. The summed E-state index contributed by atoms with van der Waals surface area (Å²) in [7, 11) is 1.51. The summed E-state index contributed by atoms with van der Waals surface area (Å²) in [6, 6.07) is 12.5. The summed E-state index contributed by atoms with van der Waals surface area (Å²) in [4.78, 5) is 27.6. The van der Waals surface area contributed by atoms with E-state index in [0.29, 0.717) is 29.2 Å². The topological polar surface area (TPSA) is 90.2 Å². The number of carbonyl (C=O) groups is 1. The van der Waals surface area contributed by atoms with E-state index in [2.05, 4.69) is 10.2 Å². The van der Waals surface area contributed by atoms with E-state index in [0.717, 1.165) is 38.4 Å². The lowest BCUT2D eigenvalue weighted by molar-refractivity contribution is 0.0342. The molecule has 0 aliphatic carbocycles. The van der Waals surface area contributed by atoms with Crippen molar-refractivity contribution in [2.45, 2.75) is 13.5 Å². The van der Waals surface area contributed by atoms with Crippen LogP contribution in [0.25, 0.3) is 11.0 Å². The summed E-state index contributed by atoms with van der Waals surface area (Å²) in [5, 5.41) is 3.34. The number of methoxy groups -OCH3 is 1. The van der Waals surface area contributed by atoms with E-state index in [1.807, 2.05) is 31.2 Å². The molecule has 1 saturated heterocycles. The fourth-order valence-electron chi connectivity index (χ4n) is 3.65. The van der Waals surface area contributed by atoms with E-state index < -0.39 is 11.5 Å². The van der Waals surface area contributed by atoms with Gasteiger partial charge in [-0.15, -0.1) is 0 Å². The third kappa shape index (κ3) is 4.76. The second-order valence-electron chi connectivity index (χ2n) is 7.44. The van der Waals surface area contributed by atoms with Crippen LogP contribution >= 0.6 is 0 Å². The van der Waals surface area contributed by atoms with Crippen molar-refractivity contribution in [2.24, 2.45) is 0 Å². The Labute approximate surface area is 185 Å². The molecule has 32 heavy (non-hydrogen) atoms. The van der Waals surface area contributed by atoms with Gasteiger partial charge in [-0.05, 0) is 42.8 Å². The standard InChI is InChI=1S/C24H26N2O6/c1-3-31-22-20(29-2)9-6-17-14-19(24(28)32-21(17)22)23(27)25-18-7-4-16(5-8-18)15-26-10-12-30-13-11-26/h4-9,14H,3,10-13,15H2,1-2H3,(H,25,27). The van der Waals surface area contributed by atoms with Crippen LogP contribution in [0, 0.1) is 0 Å². The minimum absolute atomic E-state index is 0.0810. The first-order chi connectivity index (χ1) is 15.6. The number of benzene rings is 2. The van der Waals surface area contributed by atoms with Crippen molar-refractivity contribution in [3.63, 3.8) is 0 Å². The molecule has 1 fully saturated rings. The Kier molecular flexibility index (Phi) is 6.72. The lowest BCUT2D eigenvalue weighted by atomic mass is 10.1. The Morgan fingerprint density at radius 3 is 2.56 bits per heavy atom. The number of rotatable bonds is 7. The van der Waals surface area contributed by atoms with Gasteiger partial charge in [0.25, 0.3) is 5.91 Å². The number of hydrogen-bond acceptors (Lipinski definition) is 7. The van der Waals surface area contributed by atoms with Gasteiger partial charge in [0.2, 0.25) is 5.75 Å². The van der Waals surface area contributed by atoms with Crippen LogP contribution < -0.4 is 20.4 Å². The van der Waals surface area contributed by atoms with Crippen LogP contribution in [0.3, 0.4) is 0 Å². The second kappa shape index (κ2) is 9.84. The normalized spacial score (nSPS) is 14.3. The third-order valence-corrected chi connectivity index (χ3v) is 5.30. The van der Waals surface area contributed by atoms with Crippen molar-refractivity contribution in [1.29, 1.82) is 0 Å². The van der Waals surface area contributed by atoms with Crippen LogP contribution in [-0.2, 0) is 11.3 Å². The lowest BCUT2D eigenvalue weighted by Crippen LogP contribution is -2.35. The van der Waals surface area contributed by atoms with Crippen molar-refractivity contribution in [2.75, 3.05) is 45.3 Å². The van der Waals surface area contributed by atoms with Crippen molar-refractivity contribution in [3.05, 3.63) is 64.0 Å². The minimum Gasteiger partial charge on any atom is -0.493 e.